The van der Waals surface area contributed by atoms with Crippen molar-refractivity contribution in [2.24, 2.45) is 29.1 Å². The zero-order chi connectivity index (χ0) is 23.3. The molecule has 0 amide bonds. The summed E-state index contributed by atoms with van der Waals surface area (Å²) in [6.45, 7) is 11.6. The van der Waals surface area contributed by atoms with E-state index in [2.05, 4.69) is 33.8 Å². The van der Waals surface area contributed by atoms with Gasteiger partial charge in [0, 0.05) is 0 Å². The van der Waals surface area contributed by atoms with Crippen LogP contribution in [0.3, 0.4) is 0 Å². The Morgan fingerprint density at radius 2 is 1.84 bits per heavy atom. The first kappa shape index (κ1) is 24.5. The van der Waals surface area contributed by atoms with Gasteiger partial charge in [-0.15, -0.1) is 0 Å². The Labute approximate surface area is 197 Å². The van der Waals surface area contributed by atoms with Gasteiger partial charge < -0.3 is 5.11 Å². The molecule has 0 aromatic rings. The Morgan fingerprint density at radius 3 is 2.56 bits per heavy atom. The summed E-state index contributed by atoms with van der Waals surface area (Å²) >= 11 is 0. The van der Waals surface area contributed by atoms with Crippen LogP contribution in [0.15, 0.2) is 22.8 Å². The Balaban J connectivity index is 1.60. The van der Waals surface area contributed by atoms with Crippen LogP contribution in [0, 0.1) is 29.1 Å². The Bertz CT molecular complexity index is 882. The standard InChI is InChI=1S/C28H46O3S/c1-19(2)8-6-9-20(3)24-13-14-25-21(10-7-15-27(24,25)4)17-28(5)26-16-23(29)12-11-22(26)18-32(28,30)31/h17,19-20,23-25,29H,6-16,18H2,1-5H3/b21-17-/t20-,23+,24-,25+,27-,28+/m1/s1. The largest absolute Gasteiger partial charge is 0.393 e. The molecule has 0 aromatic carbocycles. The third-order valence-electron chi connectivity index (χ3n) is 9.88. The van der Waals surface area contributed by atoms with E-state index in [1.165, 1.54) is 50.5 Å². The Hall–Kier alpha value is -0.610. The molecule has 32 heavy (non-hydrogen) atoms. The van der Waals surface area contributed by atoms with Crippen molar-refractivity contribution in [1.82, 2.24) is 0 Å². The first-order valence-corrected chi connectivity index (χ1v) is 15.0. The molecule has 2 fully saturated rings. The summed E-state index contributed by atoms with van der Waals surface area (Å²) in [7, 11) is -3.25. The van der Waals surface area contributed by atoms with Crippen molar-refractivity contribution in [3.8, 4) is 0 Å². The summed E-state index contributed by atoms with van der Waals surface area (Å²) in [5.41, 5.74) is 3.84. The van der Waals surface area contributed by atoms with Gasteiger partial charge in [0.05, 0.1) is 11.9 Å². The maximum atomic E-state index is 13.4. The highest BCUT2D eigenvalue weighted by atomic mass is 32.2. The quantitative estimate of drug-likeness (QED) is 0.451. The second kappa shape index (κ2) is 8.87. The average Bonchev–Trinajstić information content (AvgIpc) is 3.14. The number of allylic oxidation sites excluding steroid dienone is 1. The van der Waals surface area contributed by atoms with E-state index >= 15 is 0 Å². The van der Waals surface area contributed by atoms with Crippen molar-refractivity contribution in [3.05, 3.63) is 22.8 Å². The zero-order valence-corrected chi connectivity index (χ0v) is 21.9. The van der Waals surface area contributed by atoms with Gasteiger partial charge in [-0.1, -0.05) is 64.2 Å². The lowest BCUT2D eigenvalue weighted by Crippen LogP contribution is -2.39. The van der Waals surface area contributed by atoms with Gasteiger partial charge in [0.15, 0.2) is 9.84 Å². The van der Waals surface area contributed by atoms with E-state index in [0.717, 1.165) is 41.7 Å². The first-order chi connectivity index (χ1) is 15.0. The van der Waals surface area contributed by atoms with E-state index in [4.69, 9.17) is 0 Å². The number of hydrogen-bond donors (Lipinski definition) is 1. The molecule has 1 heterocycles. The summed E-state index contributed by atoms with van der Waals surface area (Å²) in [5.74, 6) is 3.01. The third kappa shape index (κ3) is 4.17. The summed E-state index contributed by atoms with van der Waals surface area (Å²) in [6.07, 6.45) is 13.8. The molecule has 0 radical (unpaired) electrons. The minimum absolute atomic E-state index is 0.201. The van der Waals surface area contributed by atoms with Gasteiger partial charge in [-0.2, -0.15) is 0 Å². The van der Waals surface area contributed by atoms with Crippen LogP contribution >= 0.6 is 0 Å². The van der Waals surface area contributed by atoms with Crippen molar-refractivity contribution in [1.29, 1.82) is 0 Å². The minimum atomic E-state index is -3.25. The number of fused-ring (bicyclic) bond motifs is 1. The van der Waals surface area contributed by atoms with E-state index in [1.807, 2.05) is 6.92 Å². The lowest BCUT2D eigenvalue weighted by atomic mass is 9.60. The summed E-state index contributed by atoms with van der Waals surface area (Å²) < 4.78 is 25.9. The molecule has 0 bridgehead atoms. The first-order valence-electron chi connectivity index (χ1n) is 13.3. The van der Waals surface area contributed by atoms with Gasteiger partial charge >= 0.3 is 0 Å². The number of aliphatic hydroxyl groups is 1. The molecule has 0 saturated heterocycles. The molecule has 2 saturated carbocycles. The third-order valence-corrected chi connectivity index (χ3v) is 12.3. The normalized spacial score (nSPS) is 41.2. The molecular formula is C28H46O3S. The van der Waals surface area contributed by atoms with Crippen LogP contribution in [-0.4, -0.2) is 30.1 Å². The van der Waals surface area contributed by atoms with E-state index in [0.29, 0.717) is 24.2 Å². The monoisotopic (exact) mass is 462 g/mol. The van der Waals surface area contributed by atoms with E-state index in [9.17, 15) is 13.5 Å². The molecule has 0 spiro atoms. The van der Waals surface area contributed by atoms with Crippen LogP contribution in [-0.2, 0) is 9.84 Å². The van der Waals surface area contributed by atoms with E-state index < -0.39 is 14.6 Å². The second-order valence-corrected chi connectivity index (χ2v) is 14.8. The number of hydrogen-bond acceptors (Lipinski definition) is 3. The highest BCUT2D eigenvalue weighted by Crippen LogP contribution is 2.60. The molecular weight excluding hydrogens is 416 g/mol. The fourth-order valence-electron chi connectivity index (χ4n) is 8.02. The average molecular weight is 463 g/mol. The molecule has 1 N–H and O–H groups in total. The van der Waals surface area contributed by atoms with Crippen molar-refractivity contribution in [2.75, 3.05) is 5.75 Å². The molecule has 0 unspecified atom stereocenters. The molecule has 4 heteroatoms. The predicted molar refractivity (Wildman–Crippen MR) is 133 cm³/mol. The number of rotatable bonds is 6. The van der Waals surface area contributed by atoms with Gasteiger partial charge in [0.1, 0.15) is 4.75 Å². The molecule has 0 aromatic heterocycles. The smallest absolute Gasteiger partial charge is 0.166 e. The van der Waals surface area contributed by atoms with Gasteiger partial charge in [0.25, 0.3) is 0 Å². The lowest BCUT2D eigenvalue weighted by Gasteiger charge is -2.45. The van der Waals surface area contributed by atoms with Crippen LogP contribution in [0.1, 0.15) is 105 Å². The van der Waals surface area contributed by atoms with Gasteiger partial charge in [-0.25, -0.2) is 8.42 Å². The van der Waals surface area contributed by atoms with Gasteiger partial charge in [-0.05, 0) is 93.0 Å². The van der Waals surface area contributed by atoms with Crippen molar-refractivity contribution < 1.29 is 13.5 Å². The fraction of sp³-hybridized carbons (Fsp3) is 0.857. The van der Waals surface area contributed by atoms with Crippen molar-refractivity contribution in [2.45, 2.75) is 116 Å². The van der Waals surface area contributed by atoms with Crippen LogP contribution in [0.4, 0.5) is 0 Å². The van der Waals surface area contributed by atoms with Crippen molar-refractivity contribution >= 4 is 9.84 Å². The molecule has 4 aliphatic rings. The zero-order valence-electron chi connectivity index (χ0n) is 21.1. The van der Waals surface area contributed by atoms with Gasteiger partial charge in [-0.3, -0.25) is 0 Å². The topological polar surface area (TPSA) is 54.4 Å². The molecule has 1 aliphatic heterocycles. The van der Waals surface area contributed by atoms with Crippen LogP contribution in [0.5, 0.6) is 0 Å². The molecule has 4 rings (SSSR count). The molecule has 3 aliphatic carbocycles. The van der Waals surface area contributed by atoms with E-state index in [-0.39, 0.29) is 11.9 Å². The molecule has 182 valence electrons. The lowest BCUT2D eigenvalue weighted by molar-refractivity contribution is 0.0925. The number of aliphatic hydroxyl groups excluding tert-OH is 1. The summed E-state index contributed by atoms with van der Waals surface area (Å²) in [6, 6.07) is 0. The fourth-order valence-corrected chi connectivity index (χ4v) is 10.0. The summed E-state index contributed by atoms with van der Waals surface area (Å²) in [4.78, 5) is 0. The highest BCUT2D eigenvalue weighted by Gasteiger charge is 2.53. The molecule has 6 atom stereocenters. The maximum absolute atomic E-state index is 13.4. The van der Waals surface area contributed by atoms with Crippen LogP contribution in [0.25, 0.3) is 0 Å². The van der Waals surface area contributed by atoms with Crippen LogP contribution in [0.2, 0.25) is 0 Å². The van der Waals surface area contributed by atoms with Crippen molar-refractivity contribution in [3.63, 3.8) is 0 Å². The minimum Gasteiger partial charge on any atom is -0.393 e. The predicted octanol–water partition coefficient (Wildman–Crippen LogP) is 6.62. The van der Waals surface area contributed by atoms with Gasteiger partial charge in [0.2, 0.25) is 0 Å². The summed E-state index contributed by atoms with van der Waals surface area (Å²) in [5, 5.41) is 10.3. The van der Waals surface area contributed by atoms with Crippen LogP contribution < -0.4 is 0 Å². The van der Waals surface area contributed by atoms with E-state index in [1.54, 1.807) is 0 Å². The Morgan fingerprint density at radius 1 is 1.09 bits per heavy atom. The highest BCUT2D eigenvalue weighted by molar-refractivity contribution is 7.93. The maximum Gasteiger partial charge on any atom is 0.166 e. The molecule has 3 nitrogen and oxygen atoms in total. The second-order valence-electron chi connectivity index (χ2n) is 12.5. The SMILES string of the molecule is CC(C)CCC[C@@H](C)[C@H]1CC[C@H]2/C(=C\[C@@]3(C)C4=C(CC[C@H](O)C4)CS3(=O)=O)CCC[C@]12C. The Kier molecular flexibility index (Phi) is 6.80. The number of sulfone groups is 1.